The first-order chi connectivity index (χ1) is 12.4. The first-order valence-electron chi connectivity index (χ1n) is 8.53. The highest BCUT2D eigenvalue weighted by Crippen LogP contribution is 2.17. The number of hydrogen-bond donors (Lipinski definition) is 2. The fourth-order valence-corrected chi connectivity index (χ4v) is 3.79. The molecule has 2 aromatic carbocycles. The summed E-state index contributed by atoms with van der Waals surface area (Å²) in [4.78, 5) is 12.3. The van der Waals surface area contributed by atoms with Crippen molar-refractivity contribution < 1.29 is 17.9 Å². The van der Waals surface area contributed by atoms with Gasteiger partial charge in [0.1, 0.15) is 0 Å². The van der Waals surface area contributed by atoms with Crippen molar-refractivity contribution in [2.45, 2.75) is 30.8 Å². The predicted molar refractivity (Wildman–Crippen MR) is 99.7 cm³/mol. The summed E-state index contributed by atoms with van der Waals surface area (Å²) in [5.41, 5.74) is 1.87. The topological polar surface area (TPSA) is 84.5 Å². The highest BCUT2D eigenvalue weighted by Gasteiger charge is 2.17. The molecule has 0 radical (unpaired) electrons. The minimum Gasteiger partial charge on any atom is -0.376 e. The van der Waals surface area contributed by atoms with E-state index < -0.39 is 10.0 Å². The summed E-state index contributed by atoms with van der Waals surface area (Å²) in [6.45, 7) is 3.13. The van der Waals surface area contributed by atoms with Crippen LogP contribution in [-0.2, 0) is 14.8 Å². The zero-order valence-electron chi connectivity index (χ0n) is 14.6. The molecule has 1 saturated heterocycles. The summed E-state index contributed by atoms with van der Waals surface area (Å²) in [6.07, 6.45) is 2.07. The van der Waals surface area contributed by atoms with Crippen LogP contribution in [0.15, 0.2) is 53.4 Å². The number of benzene rings is 2. The third-order valence-corrected chi connectivity index (χ3v) is 5.64. The van der Waals surface area contributed by atoms with Crippen molar-refractivity contribution in [1.82, 2.24) is 5.32 Å². The zero-order valence-corrected chi connectivity index (χ0v) is 15.4. The number of amides is 1. The van der Waals surface area contributed by atoms with E-state index >= 15 is 0 Å². The van der Waals surface area contributed by atoms with E-state index in [0.717, 1.165) is 25.0 Å². The fraction of sp³-hybridized carbons (Fsp3) is 0.316. The van der Waals surface area contributed by atoms with Gasteiger partial charge in [-0.25, -0.2) is 8.42 Å². The maximum absolute atomic E-state index is 12.4. The van der Waals surface area contributed by atoms with Crippen molar-refractivity contribution in [3.05, 3.63) is 59.7 Å². The van der Waals surface area contributed by atoms with Gasteiger partial charge in [-0.2, -0.15) is 0 Å². The molecule has 3 rings (SSSR count). The molecule has 138 valence electrons. The lowest BCUT2D eigenvalue weighted by Gasteiger charge is -2.11. The molecule has 0 unspecified atom stereocenters. The standard InChI is InChI=1S/C19H22N2O4S/c1-14-4-10-18(11-5-14)26(23,24)21-16-8-6-15(7-9-16)19(22)20-13-17-3-2-12-25-17/h4-11,17,21H,2-3,12-13H2,1H3,(H,20,22)/t17-/m0/s1. The molecule has 0 bridgehead atoms. The molecule has 7 heteroatoms. The Balaban J connectivity index is 1.61. The summed E-state index contributed by atoms with van der Waals surface area (Å²) >= 11 is 0. The van der Waals surface area contributed by atoms with Crippen LogP contribution in [0.25, 0.3) is 0 Å². The quantitative estimate of drug-likeness (QED) is 0.814. The van der Waals surface area contributed by atoms with Crippen LogP contribution in [0.4, 0.5) is 5.69 Å². The normalized spacial score (nSPS) is 17.0. The molecule has 26 heavy (non-hydrogen) atoms. The molecule has 0 saturated carbocycles. The molecular weight excluding hydrogens is 352 g/mol. The molecular formula is C19H22N2O4S. The number of carbonyl (C=O) groups is 1. The van der Waals surface area contributed by atoms with Crippen LogP contribution >= 0.6 is 0 Å². The summed E-state index contributed by atoms with van der Waals surface area (Å²) in [5, 5.41) is 2.84. The van der Waals surface area contributed by atoms with Gasteiger partial charge in [0.2, 0.25) is 0 Å². The van der Waals surface area contributed by atoms with Crippen molar-refractivity contribution in [3.8, 4) is 0 Å². The monoisotopic (exact) mass is 374 g/mol. The Morgan fingerprint density at radius 1 is 1.12 bits per heavy atom. The highest BCUT2D eigenvalue weighted by atomic mass is 32.2. The molecule has 2 N–H and O–H groups in total. The van der Waals surface area contributed by atoms with Gasteiger partial charge in [-0.1, -0.05) is 17.7 Å². The Hall–Kier alpha value is -2.38. The minimum absolute atomic E-state index is 0.0829. The van der Waals surface area contributed by atoms with Gasteiger partial charge in [-0.05, 0) is 56.2 Å². The summed E-state index contributed by atoms with van der Waals surface area (Å²) in [5.74, 6) is -0.201. The van der Waals surface area contributed by atoms with Crippen molar-refractivity contribution in [3.63, 3.8) is 0 Å². The Morgan fingerprint density at radius 2 is 1.81 bits per heavy atom. The molecule has 1 fully saturated rings. The summed E-state index contributed by atoms with van der Waals surface area (Å²) in [6, 6.07) is 13.0. The predicted octanol–water partition coefficient (Wildman–Crippen LogP) is 2.70. The van der Waals surface area contributed by atoms with Gasteiger partial charge in [0, 0.05) is 24.4 Å². The van der Waals surface area contributed by atoms with Gasteiger partial charge in [0.15, 0.2) is 0 Å². The molecule has 1 heterocycles. The van der Waals surface area contributed by atoms with Crippen LogP contribution in [0, 0.1) is 6.92 Å². The van der Waals surface area contributed by atoms with Gasteiger partial charge in [0.25, 0.3) is 15.9 Å². The third kappa shape index (κ3) is 4.62. The Morgan fingerprint density at radius 3 is 2.42 bits per heavy atom. The van der Waals surface area contributed by atoms with Crippen LogP contribution in [0.5, 0.6) is 0 Å². The van der Waals surface area contributed by atoms with Gasteiger partial charge in [-0.15, -0.1) is 0 Å². The van der Waals surface area contributed by atoms with Gasteiger partial charge in [-0.3, -0.25) is 9.52 Å². The number of sulfonamides is 1. The van der Waals surface area contributed by atoms with Crippen LogP contribution in [0.1, 0.15) is 28.8 Å². The number of rotatable bonds is 6. The third-order valence-electron chi connectivity index (χ3n) is 4.24. The molecule has 1 aliphatic heterocycles. The van der Waals surface area contributed by atoms with Crippen LogP contribution in [-0.4, -0.2) is 33.6 Å². The van der Waals surface area contributed by atoms with E-state index in [1.54, 1.807) is 48.5 Å². The fourth-order valence-electron chi connectivity index (χ4n) is 2.74. The van der Waals surface area contributed by atoms with E-state index in [9.17, 15) is 13.2 Å². The maximum atomic E-state index is 12.4. The molecule has 1 atom stereocenters. The lowest BCUT2D eigenvalue weighted by molar-refractivity contribution is 0.0858. The van der Waals surface area contributed by atoms with Crippen molar-refractivity contribution >= 4 is 21.6 Å². The summed E-state index contributed by atoms with van der Waals surface area (Å²) in [7, 11) is -3.65. The van der Waals surface area contributed by atoms with Gasteiger partial charge < -0.3 is 10.1 Å². The molecule has 1 amide bonds. The van der Waals surface area contributed by atoms with Crippen molar-refractivity contribution in [1.29, 1.82) is 0 Å². The Bertz CT molecular complexity index is 855. The SMILES string of the molecule is Cc1ccc(S(=O)(=O)Nc2ccc(C(=O)NC[C@@H]3CCCO3)cc2)cc1. The second-order valence-corrected chi connectivity index (χ2v) is 8.02. The van der Waals surface area contributed by atoms with E-state index in [0.29, 0.717) is 17.8 Å². The van der Waals surface area contributed by atoms with Gasteiger partial charge in [0.05, 0.1) is 11.0 Å². The average molecular weight is 374 g/mol. The lowest BCUT2D eigenvalue weighted by Crippen LogP contribution is -2.31. The lowest BCUT2D eigenvalue weighted by atomic mass is 10.2. The molecule has 1 aliphatic rings. The molecule has 0 aromatic heterocycles. The number of nitrogens with one attached hydrogen (secondary N) is 2. The number of ether oxygens (including phenoxy) is 1. The van der Waals surface area contributed by atoms with E-state index in [4.69, 9.17) is 4.74 Å². The number of anilines is 1. The van der Waals surface area contributed by atoms with Crippen molar-refractivity contribution in [2.24, 2.45) is 0 Å². The van der Waals surface area contributed by atoms with Crippen molar-refractivity contribution in [2.75, 3.05) is 17.9 Å². The Labute approximate surface area is 153 Å². The second kappa shape index (κ2) is 7.88. The highest BCUT2D eigenvalue weighted by molar-refractivity contribution is 7.92. The zero-order chi connectivity index (χ0) is 18.6. The molecule has 2 aromatic rings. The number of carbonyl (C=O) groups excluding carboxylic acids is 1. The minimum atomic E-state index is -3.65. The number of aryl methyl sites for hydroxylation is 1. The maximum Gasteiger partial charge on any atom is 0.261 e. The largest absolute Gasteiger partial charge is 0.376 e. The van der Waals surface area contributed by atoms with Crippen LogP contribution in [0.2, 0.25) is 0 Å². The first kappa shape index (κ1) is 18.4. The second-order valence-electron chi connectivity index (χ2n) is 6.34. The van der Waals surface area contributed by atoms with E-state index in [-0.39, 0.29) is 16.9 Å². The first-order valence-corrected chi connectivity index (χ1v) is 10.0. The van der Waals surface area contributed by atoms with Crippen LogP contribution < -0.4 is 10.0 Å². The summed E-state index contributed by atoms with van der Waals surface area (Å²) < 4.78 is 32.7. The molecule has 0 aliphatic carbocycles. The smallest absolute Gasteiger partial charge is 0.261 e. The number of hydrogen-bond acceptors (Lipinski definition) is 4. The molecule has 0 spiro atoms. The van der Waals surface area contributed by atoms with Crippen LogP contribution in [0.3, 0.4) is 0 Å². The van der Waals surface area contributed by atoms with E-state index in [1.807, 2.05) is 6.92 Å². The van der Waals surface area contributed by atoms with E-state index in [1.165, 1.54) is 0 Å². The van der Waals surface area contributed by atoms with E-state index in [2.05, 4.69) is 10.0 Å². The Kier molecular flexibility index (Phi) is 5.58. The van der Waals surface area contributed by atoms with Gasteiger partial charge >= 0.3 is 0 Å². The average Bonchev–Trinajstić information content (AvgIpc) is 3.14. The molecule has 6 nitrogen and oxygen atoms in total.